The predicted molar refractivity (Wildman–Crippen MR) is 155 cm³/mol. The van der Waals surface area contributed by atoms with Gasteiger partial charge in [-0.05, 0) is 68.0 Å². The number of amides is 3. The summed E-state index contributed by atoms with van der Waals surface area (Å²) < 4.78 is 5.37. The fourth-order valence-electron chi connectivity index (χ4n) is 4.81. The quantitative estimate of drug-likeness (QED) is 0.360. The number of likely N-dealkylation sites (tertiary alicyclic amines) is 1. The maximum atomic E-state index is 13.5. The number of methoxy groups -OCH3 is 1. The zero-order chi connectivity index (χ0) is 28.6. The van der Waals surface area contributed by atoms with Crippen molar-refractivity contribution in [3.8, 4) is 0 Å². The average Bonchev–Trinajstić information content (AvgIpc) is 3.39. The topological polar surface area (TPSA) is 99.8 Å². The van der Waals surface area contributed by atoms with Gasteiger partial charge in [-0.2, -0.15) is 0 Å². The van der Waals surface area contributed by atoms with Gasteiger partial charge in [-0.15, -0.1) is 0 Å². The molecule has 1 aliphatic rings. The minimum Gasteiger partial charge on any atom is -0.369 e. The summed E-state index contributed by atoms with van der Waals surface area (Å²) in [5, 5.41) is 11.6. The average molecular weight is 539 g/mol. The number of nitrogens with one attached hydrogen (secondary N) is 3. The molecule has 0 radical (unpaired) electrons. The maximum Gasteiger partial charge on any atom is 0.254 e. The normalized spacial score (nSPS) is 16.8. The van der Waals surface area contributed by atoms with Crippen LogP contribution in [0.25, 0.3) is 10.8 Å². The van der Waals surface area contributed by atoms with Gasteiger partial charge in [-0.25, -0.2) is 0 Å². The summed E-state index contributed by atoms with van der Waals surface area (Å²) in [6.45, 7) is 12.6. The van der Waals surface area contributed by atoms with Gasteiger partial charge in [0.2, 0.25) is 11.8 Å². The Bertz CT molecular complexity index is 1140. The van der Waals surface area contributed by atoms with Gasteiger partial charge < -0.3 is 25.6 Å². The van der Waals surface area contributed by atoms with Gasteiger partial charge in [0, 0.05) is 26.6 Å². The number of carbonyl (C=O) groups excluding carboxylic acids is 3. The molecule has 2 atom stereocenters. The summed E-state index contributed by atoms with van der Waals surface area (Å²) in [5.41, 5.74) is 0.138. The Morgan fingerprint density at radius 2 is 1.74 bits per heavy atom. The third-order valence-electron chi connectivity index (χ3n) is 7.21. The molecule has 2 aromatic carbocycles. The largest absolute Gasteiger partial charge is 0.369 e. The van der Waals surface area contributed by atoms with Crippen molar-refractivity contribution in [3.63, 3.8) is 0 Å². The number of hydrogen-bond donors (Lipinski definition) is 3. The van der Waals surface area contributed by atoms with Crippen LogP contribution in [-0.4, -0.2) is 73.6 Å². The number of hydrogen-bond acceptors (Lipinski definition) is 5. The Morgan fingerprint density at radius 3 is 2.44 bits per heavy atom. The Balaban J connectivity index is 1.70. The summed E-state index contributed by atoms with van der Waals surface area (Å²) in [6.07, 6.45) is 2.43. The molecular formula is C31H46N4O4. The highest BCUT2D eigenvalue weighted by Gasteiger charge is 2.41. The molecule has 3 amide bonds. The van der Waals surface area contributed by atoms with Crippen LogP contribution in [0.3, 0.4) is 0 Å². The molecular weight excluding hydrogens is 492 g/mol. The monoisotopic (exact) mass is 538 g/mol. The van der Waals surface area contributed by atoms with Gasteiger partial charge in [-0.3, -0.25) is 14.4 Å². The molecule has 2 aromatic rings. The molecule has 1 saturated heterocycles. The van der Waals surface area contributed by atoms with Crippen LogP contribution in [0.1, 0.15) is 59.4 Å². The van der Waals surface area contributed by atoms with Crippen LogP contribution in [0.15, 0.2) is 42.5 Å². The van der Waals surface area contributed by atoms with E-state index in [2.05, 4.69) is 42.8 Å². The van der Waals surface area contributed by atoms with Gasteiger partial charge >= 0.3 is 0 Å². The third kappa shape index (κ3) is 8.77. The van der Waals surface area contributed by atoms with E-state index in [0.29, 0.717) is 25.9 Å². The first-order valence-corrected chi connectivity index (χ1v) is 14.0. The minimum absolute atomic E-state index is 0.201. The molecule has 0 bridgehead atoms. The third-order valence-corrected chi connectivity index (χ3v) is 7.21. The summed E-state index contributed by atoms with van der Waals surface area (Å²) in [6, 6.07) is 12.8. The van der Waals surface area contributed by atoms with E-state index in [-0.39, 0.29) is 23.1 Å². The molecule has 8 heteroatoms. The minimum atomic E-state index is -1.02. The first-order valence-electron chi connectivity index (χ1n) is 14.0. The zero-order valence-corrected chi connectivity index (χ0v) is 24.4. The number of rotatable bonds is 12. The smallest absolute Gasteiger partial charge is 0.254 e. The molecule has 0 aliphatic carbocycles. The summed E-state index contributed by atoms with van der Waals surface area (Å²) >= 11 is 0. The van der Waals surface area contributed by atoms with E-state index >= 15 is 0 Å². The number of carbonyl (C=O) groups is 3. The lowest BCUT2D eigenvalue weighted by Gasteiger charge is -2.32. The molecule has 1 heterocycles. The second-order valence-corrected chi connectivity index (χ2v) is 12.2. The van der Waals surface area contributed by atoms with Crippen molar-refractivity contribution in [3.05, 3.63) is 48.0 Å². The molecule has 39 heavy (non-hydrogen) atoms. The van der Waals surface area contributed by atoms with Crippen molar-refractivity contribution < 1.29 is 19.1 Å². The van der Waals surface area contributed by atoms with Gasteiger partial charge in [0.25, 0.3) is 5.91 Å². The molecule has 0 spiro atoms. The second kappa shape index (κ2) is 13.4. The molecule has 1 fully saturated rings. The van der Waals surface area contributed by atoms with Crippen molar-refractivity contribution in [2.45, 2.75) is 78.0 Å². The fourth-order valence-corrected chi connectivity index (χ4v) is 4.81. The molecule has 0 aromatic heterocycles. The van der Waals surface area contributed by atoms with Crippen LogP contribution in [-0.2, 0) is 25.5 Å². The lowest BCUT2D eigenvalue weighted by Crippen LogP contribution is -2.56. The van der Waals surface area contributed by atoms with Crippen molar-refractivity contribution in [2.24, 2.45) is 5.41 Å². The van der Waals surface area contributed by atoms with Crippen LogP contribution in [0, 0.1) is 5.41 Å². The summed E-state index contributed by atoms with van der Waals surface area (Å²) in [7, 11) is 1.49. The van der Waals surface area contributed by atoms with E-state index in [1.165, 1.54) is 7.11 Å². The number of fused-ring (bicyclic) bond motifs is 1. The van der Waals surface area contributed by atoms with E-state index in [1.807, 2.05) is 36.4 Å². The standard InChI is InChI=1S/C31H46N4O4/c1-30(2,3)21-32-16-10-17-33-27(36)25(20-22-14-15-23-11-7-8-12-24(23)19-22)34-28(37)26-13-9-18-35(26)29(38)31(4,5)39-6/h7-8,11-12,14-15,19,25-26,32H,9-10,13,16-18,20-21H2,1-6H3,(H,33,36)(H,34,37). The van der Waals surface area contributed by atoms with E-state index in [0.717, 1.165) is 42.3 Å². The van der Waals surface area contributed by atoms with Crippen molar-refractivity contribution in [1.82, 2.24) is 20.9 Å². The molecule has 8 nitrogen and oxygen atoms in total. The summed E-state index contributed by atoms with van der Waals surface area (Å²) in [5.74, 6) is -0.748. The molecule has 3 N–H and O–H groups in total. The Hall–Kier alpha value is -2.97. The SMILES string of the molecule is COC(C)(C)C(=O)N1CCCC1C(=O)NC(Cc1ccc2ccccc2c1)C(=O)NCCCNCC(C)(C)C. The van der Waals surface area contributed by atoms with E-state index in [1.54, 1.807) is 18.7 Å². The van der Waals surface area contributed by atoms with Crippen molar-refractivity contribution >= 4 is 28.5 Å². The fraction of sp³-hybridized carbons (Fsp3) is 0.581. The van der Waals surface area contributed by atoms with Crippen LogP contribution < -0.4 is 16.0 Å². The zero-order valence-electron chi connectivity index (χ0n) is 24.4. The van der Waals surface area contributed by atoms with E-state index in [9.17, 15) is 14.4 Å². The Labute approximate surface area is 233 Å². The second-order valence-electron chi connectivity index (χ2n) is 12.2. The highest BCUT2D eigenvalue weighted by atomic mass is 16.5. The van der Waals surface area contributed by atoms with E-state index in [4.69, 9.17) is 4.74 Å². The van der Waals surface area contributed by atoms with Gasteiger partial charge in [0.1, 0.15) is 17.7 Å². The maximum absolute atomic E-state index is 13.5. The molecule has 3 rings (SSSR count). The highest BCUT2D eigenvalue weighted by molar-refractivity contribution is 5.94. The first kappa shape index (κ1) is 30.6. The van der Waals surface area contributed by atoms with E-state index < -0.39 is 17.7 Å². The highest BCUT2D eigenvalue weighted by Crippen LogP contribution is 2.24. The molecule has 2 unspecified atom stereocenters. The molecule has 0 saturated carbocycles. The molecule has 214 valence electrons. The van der Waals surface area contributed by atoms with Crippen molar-refractivity contribution in [1.29, 1.82) is 0 Å². The van der Waals surface area contributed by atoms with Crippen LogP contribution >= 0.6 is 0 Å². The van der Waals surface area contributed by atoms with Crippen molar-refractivity contribution in [2.75, 3.05) is 33.3 Å². The lowest BCUT2D eigenvalue weighted by molar-refractivity contribution is -0.154. The lowest BCUT2D eigenvalue weighted by atomic mass is 9.97. The Kier molecular flexibility index (Phi) is 10.5. The number of benzene rings is 2. The van der Waals surface area contributed by atoms with Crippen LogP contribution in [0.4, 0.5) is 0 Å². The van der Waals surface area contributed by atoms with Gasteiger partial charge in [-0.1, -0.05) is 63.2 Å². The Morgan fingerprint density at radius 1 is 1.03 bits per heavy atom. The van der Waals surface area contributed by atoms with Crippen LogP contribution in [0.2, 0.25) is 0 Å². The summed E-state index contributed by atoms with van der Waals surface area (Å²) in [4.78, 5) is 41.5. The number of ether oxygens (including phenoxy) is 1. The predicted octanol–water partition coefficient (Wildman–Crippen LogP) is 3.43. The number of nitrogens with zero attached hydrogens (tertiary/aromatic N) is 1. The van der Waals surface area contributed by atoms with Crippen LogP contribution in [0.5, 0.6) is 0 Å². The molecule has 1 aliphatic heterocycles. The first-order chi connectivity index (χ1) is 18.4. The van der Waals surface area contributed by atoms with Gasteiger partial charge in [0.15, 0.2) is 0 Å². The van der Waals surface area contributed by atoms with Gasteiger partial charge in [0.05, 0.1) is 0 Å².